The summed E-state index contributed by atoms with van der Waals surface area (Å²) in [5, 5.41) is 0. The molecular weight excluding hydrogens is 378 g/mol. The van der Waals surface area contributed by atoms with Crippen molar-refractivity contribution in [2.45, 2.75) is 39.7 Å². The molecule has 30 heavy (non-hydrogen) atoms. The van der Waals surface area contributed by atoms with E-state index in [0.29, 0.717) is 12.5 Å². The van der Waals surface area contributed by atoms with E-state index in [1.807, 2.05) is 60.0 Å². The summed E-state index contributed by atoms with van der Waals surface area (Å²) in [6, 6.07) is 15.3. The van der Waals surface area contributed by atoms with Crippen molar-refractivity contribution in [3.63, 3.8) is 0 Å². The van der Waals surface area contributed by atoms with Crippen LogP contribution in [0.4, 0.5) is 5.95 Å². The number of benzene rings is 2. The zero-order chi connectivity index (χ0) is 21.3. The predicted octanol–water partition coefficient (Wildman–Crippen LogP) is 4.26. The number of esters is 1. The highest BCUT2D eigenvalue weighted by atomic mass is 16.5. The lowest BCUT2D eigenvalue weighted by atomic mass is 9.88. The Morgan fingerprint density at radius 3 is 2.67 bits per heavy atom. The van der Waals surface area contributed by atoms with Gasteiger partial charge in [0.25, 0.3) is 0 Å². The topological polar surface area (TPSA) is 64.4 Å². The first-order valence-corrected chi connectivity index (χ1v) is 10.6. The van der Waals surface area contributed by atoms with Crippen LogP contribution in [0.3, 0.4) is 0 Å². The van der Waals surface area contributed by atoms with Gasteiger partial charge >= 0.3 is 5.97 Å². The summed E-state index contributed by atoms with van der Waals surface area (Å²) in [4.78, 5) is 33.1. The minimum atomic E-state index is -0.950. The number of carbonyl (C=O) groups excluding carboxylic acids is 2. The van der Waals surface area contributed by atoms with Gasteiger partial charge in [0.05, 0.1) is 23.7 Å². The Labute approximate surface area is 176 Å². The molecule has 2 aromatic carbocycles. The smallest absolute Gasteiger partial charge is 0.321 e. The van der Waals surface area contributed by atoms with Crippen LogP contribution in [0.15, 0.2) is 48.5 Å². The molecule has 2 heterocycles. The third-order valence-corrected chi connectivity index (χ3v) is 5.60. The molecule has 6 nitrogen and oxygen atoms in total. The molecule has 1 aliphatic heterocycles. The van der Waals surface area contributed by atoms with Gasteiger partial charge in [-0.1, -0.05) is 55.3 Å². The number of nitrogens with zero attached hydrogens (tertiary/aromatic N) is 3. The number of amides is 1. The van der Waals surface area contributed by atoms with Crippen LogP contribution in [0.5, 0.6) is 0 Å². The molecule has 0 fully saturated rings. The van der Waals surface area contributed by atoms with Crippen LogP contribution in [0.25, 0.3) is 11.0 Å². The molecule has 156 valence electrons. The zero-order valence-electron chi connectivity index (χ0n) is 17.7. The monoisotopic (exact) mass is 405 g/mol. The van der Waals surface area contributed by atoms with Crippen molar-refractivity contribution in [3.05, 3.63) is 59.7 Å². The molecule has 0 N–H and O–H groups in total. The number of unbranched alkanes of at least 4 members (excludes halogenated alkanes) is 1. The molecule has 0 spiro atoms. The highest BCUT2D eigenvalue weighted by Crippen LogP contribution is 2.41. The summed E-state index contributed by atoms with van der Waals surface area (Å²) >= 11 is 0. The van der Waals surface area contributed by atoms with Gasteiger partial charge in [-0.05, 0) is 38.0 Å². The normalized spacial score (nSPS) is 18.5. The van der Waals surface area contributed by atoms with Gasteiger partial charge in [-0.15, -0.1) is 0 Å². The Balaban J connectivity index is 1.98. The first kappa shape index (κ1) is 20.1. The number of fused-ring (bicyclic) bond motifs is 3. The standard InChI is InChI=1S/C24H27N3O3/c1-4-6-14-26-22(28)20(23(29)30-5-2)21(17-11-9-10-16(3)15-17)27-19-13-8-7-12-18(19)25-24(26)27/h7-13,15,20-21H,4-6,14H2,1-3H3. The van der Waals surface area contributed by atoms with E-state index in [0.717, 1.165) is 35.0 Å². The van der Waals surface area contributed by atoms with E-state index < -0.39 is 17.9 Å². The maximum atomic E-state index is 13.6. The highest BCUT2D eigenvalue weighted by molar-refractivity contribution is 6.08. The van der Waals surface area contributed by atoms with Gasteiger partial charge in [0.15, 0.2) is 5.92 Å². The van der Waals surface area contributed by atoms with E-state index in [2.05, 4.69) is 6.92 Å². The van der Waals surface area contributed by atoms with Crippen LogP contribution >= 0.6 is 0 Å². The summed E-state index contributed by atoms with van der Waals surface area (Å²) in [5.41, 5.74) is 3.69. The Morgan fingerprint density at radius 2 is 1.93 bits per heavy atom. The lowest BCUT2D eigenvalue weighted by molar-refractivity contribution is -0.153. The zero-order valence-corrected chi connectivity index (χ0v) is 17.7. The summed E-state index contributed by atoms with van der Waals surface area (Å²) in [5.74, 6) is -1.08. The maximum absolute atomic E-state index is 13.6. The van der Waals surface area contributed by atoms with Crippen molar-refractivity contribution in [3.8, 4) is 0 Å². The van der Waals surface area contributed by atoms with Crippen molar-refractivity contribution in [1.29, 1.82) is 0 Å². The number of hydrogen-bond donors (Lipinski definition) is 0. The molecule has 0 saturated carbocycles. The molecule has 4 rings (SSSR count). The molecule has 0 aliphatic carbocycles. The molecule has 3 aromatic rings. The first-order chi connectivity index (χ1) is 14.6. The fourth-order valence-electron chi connectivity index (χ4n) is 4.23. The summed E-state index contributed by atoms with van der Waals surface area (Å²) in [7, 11) is 0. The average Bonchev–Trinajstić information content (AvgIpc) is 3.11. The number of imidazole rings is 1. The van der Waals surface area contributed by atoms with Crippen molar-refractivity contribution >= 4 is 28.9 Å². The van der Waals surface area contributed by atoms with E-state index >= 15 is 0 Å². The fraction of sp³-hybridized carbons (Fsp3) is 0.375. The highest BCUT2D eigenvalue weighted by Gasteiger charge is 2.47. The van der Waals surface area contributed by atoms with Crippen LogP contribution in [0, 0.1) is 12.8 Å². The number of rotatable bonds is 6. The molecule has 2 unspecified atom stereocenters. The number of aryl methyl sites for hydroxylation is 1. The van der Waals surface area contributed by atoms with Crippen LogP contribution in [0.1, 0.15) is 43.9 Å². The molecule has 1 aromatic heterocycles. The van der Waals surface area contributed by atoms with Gasteiger partial charge in [0, 0.05) is 6.54 Å². The second-order valence-corrected chi connectivity index (χ2v) is 7.70. The second-order valence-electron chi connectivity index (χ2n) is 7.70. The van der Waals surface area contributed by atoms with Crippen LogP contribution in [0.2, 0.25) is 0 Å². The molecule has 0 bridgehead atoms. The summed E-state index contributed by atoms with van der Waals surface area (Å²) in [6.07, 6.45) is 1.77. The maximum Gasteiger partial charge on any atom is 0.321 e. The number of carbonyl (C=O) groups is 2. The Kier molecular flexibility index (Phi) is 5.57. The van der Waals surface area contributed by atoms with Gasteiger partial charge < -0.3 is 9.30 Å². The van der Waals surface area contributed by atoms with E-state index in [-0.39, 0.29) is 12.5 Å². The Hall–Kier alpha value is -3.15. The summed E-state index contributed by atoms with van der Waals surface area (Å²) in [6.45, 7) is 6.61. The minimum Gasteiger partial charge on any atom is -0.465 e. The van der Waals surface area contributed by atoms with E-state index in [4.69, 9.17) is 9.72 Å². The van der Waals surface area contributed by atoms with Gasteiger partial charge in [0.1, 0.15) is 0 Å². The first-order valence-electron chi connectivity index (χ1n) is 10.6. The summed E-state index contributed by atoms with van der Waals surface area (Å²) < 4.78 is 7.41. The number of anilines is 1. The minimum absolute atomic E-state index is 0.232. The van der Waals surface area contributed by atoms with Gasteiger partial charge in [-0.25, -0.2) is 4.98 Å². The van der Waals surface area contributed by atoms with Crippen molar-refractivity contribution in [1.82, 2.24) is 9.55 Å². The SMILES string of the molecule is CCCCN1C(=O)C(C(=O)OCC)C(c2cccc(C)c2)n2c1nc1ccccc12. The number of aromatic nitrogens is 2. The van der Waals surface area contributed by atoms with Crippen LogP contribution < -0.4 is 4.90 Å². The number of ether oxygens (including phenoxy) is 1. The van der Waals surface area contributed by atoms with Gasteiger partial charge in [-0.2, -0.15) is 0 Å². The Morgan fingerprint density at radius 1 is 1.13 bits per heavy atom. The van der Waals surface area contributed by atoms with E-state index in [1.165, 1.54) is 0 Å². The largest absolute Gasteiger partial charge is 0.465 e. The van der Waals surface area contributed by atoms with Gasteiger partial charge in [-0.3, -0.25) is 14.5 Å². The molecule has 1 amide bonds. The quantitative estimate of drug-likeness (QED) is 0.454. The molecular formula is C24H27N3O3. The van der Waals surface area contributed by atoms with Crippen LogP contribution in [-0.4, -0.2) is 34.6 Å². The Bertz CT molecular complexity index is 1090. The van der Waals surface area contributed by atoms with E-state index in [9.17, 15) is 9.59 Å². The molecule has 6 heteroatoms. The lowest BCUT2D eigenvalue weighted by Gasteiger charge is -2.38. The van der Waals surface area contributed by atoms with Crippen molar-refractivity contribution < 1.29 is 14.3 Å². The average molecular weight is 405 g/mol. The van der Waals surface area contributed by atoms with E-state index in [1.54, 1.807) is 11.8 Å². The number of para-hydroxylation sites is 2. The lowest BCUT2D eigenvalue weighted by Crippen LogP contribution is -2.50. The molecule has 0 saturated heterocycles. The third kappa shape index (κ3) is 3.36. The number of hydrogen-bond acceptors (Lipinski definition) is 4. The fourth-order valence-corrected chi connectivity index (χ4v) is 4.23. The second kappa shape index (κ2) is 8.30. The molecule has 0 radical (unpaired) electrons. The molecule has 1 aliphatic rings. The third-order valence-electron chi connectivity index (χ3n) is 5.60. The van der Waals surface area contributed by atoms with Crippen molar-refractivity contribution in [2.75, 3.05) is 18.1 Å². The predicted molar refractivity (Wildman–Crippen MR) is 116 cm³/mol. The van der Waals surface area contributed by atoms with Crippen LogP contribution in [-0.2, 0) is 14.3 Å². The van der Waals surface area contributed by atoms with Crippen molar-refractivity contribution in [2.24, 2.45) is 5.92 Å². The molecule has 2 atom stereocenters. The van der Waals surface area contributed by atoms with Gasteiger partial charge in [0.2, 0.25) is 11.9 Å².